The van der Waals surface area contributed by atoms with Gasteiger partial charge in [0.2, 0.25) is 5.89 Å². The first kappa shape index (κ1) is 11.5. The van der Waals surface area contributed by atoms with Gasteiger partial charge in [-0.15, -0.1) is 0 Å². The Balaban J connectivity index is 2.21. The molecule has 15 heavy (non-hydrogen) atoms. The third-order valence-electron chi connectivity index (χ3n) is 1.72. The van der Waals surface area contributed by atoms with Crippen LogP contribution in [0.4, 0.5) is 0 Å². The van der Waals surface area contributed by atoms with Gasteiger partial charge in [0.1, 0.15) is 0 Å². The van der Waals surface area contributed by atoms with Crippen LogP contribution in [0.1, 0.15) is 25.1 Å². The molecule has 0 unspecified atom stereocenters. The number of aromatic nitrogens is 2. The van der Waals surface area contributed by atoms with Gasteiger partial charge in [-0.3, -0.25) is 4.99 Å². The minimum Gasteiger partial charge on any atom is -0.370 e. The summed E-state index contributed by atoms with van der Waals surface area (Å²) in [7, 11) is 0. The molecule has 3 N–H and O–H groups in total. The van der Waals surface area contributed by atoms with Crippen LogP contribution in [0.2, 0.25) is 0 Å². The second kappa shape index (κ2) is 6.00. The van der Waals surface area contributed by atoms with Gasteiger partial charge in [0.05, 0.1) is 0 Å². The van der Waals surface area contributed by atoms with Crippen LogP contribution < -0.4 is 11.1 Å². The predicted molar refractivity (Wildman–Crippen MR) is 57.5 cm³/mol. The van der Waals surface area contributed by atoms with Crippen molar-refractivity contribution >= 4 is 5.96 Å². The molecule has 6 heteroatoms. The largest absolute Gasteiger partial charge is 0.370 e. The lowest BCUT2D eigenvalue weighted by Crippen LogP contribution is -2.33. The van der Waals surface area contributed by atoms with E-state index in [1.54, 1.807) is 6.92 Å². The Labute approximate surface area is 89.0 Å². The average Bonchev–Trinajstić information content (AvgIpc) is 2.61. The van der Waals surface area contributed by atoms with Crippen molar-refractivity contribution in [1.29, 1.82) is 0 Å². The highest BCUT2D eigenvalue weighted by Gasteiger charge is 2.01. The minimum absolute atomic E-state index is 0.466. The standard InChI is InChI=1S/C9H17N5O/c1-3-5-11-9(10)12-6-4-8-13-7(2)14-15-8/h3-6H2,1-2H3,(H3,10,11,12). The molecule has 1 rings (SSSR count). The van der Waals surface area contributed by atoms with E-state index in [9.17, 15) is 0 Å². The molecule has 0 bridgehead atoms. The second-order valence-corrected chi connectivity index (χ2v) is 3.18. The van der Waals surface area contributed by atoms with Crippen LogP contribution in [0.25, 0.3) is 0 Å². The SMILES string of the molecule is CCCN=C(N)NCCc1nc(C)no1. The van der Waals surface area contributed by atoms with Gasteiger partial charge < -0.3 is 15.6 Å². The fourth-order valence-corrected chi connectivity index (χ4v) is 1.03. The zero-order valence-electron chi connectivity index (χ0n) is 9.16. The zero-order valence-corrected chi connectivity index (χ0v) is 9.16. The Morgan fingerprint density at radius 2 is 2.40 bits per heavy atom. The quantitative estimate of drug-likeness (QED) is 0.537. The number of aliphatic imine (C=N–C) groups is 1. The van der Waals surface area contributed by atoms with E-state index < -0.39 is 0 Å². The van der Waals surface area contributed by atoms with Crippen molar-refractivity contribution in [2.45, 2.75) is 26.7 Å². The Kier molecular flexibility index (Phi) is 4.59. The van der Waals surface area contributed by atoms with Crippen molar-refractivity contribution in [2.75, 3.05) is 13.1 Å². The summed E-state index contributed by atoms with van der Waals surface area (Å²) in [5.74, 6) is 1.73. The van der Waals surface area contributed by atoms with Crippen molar-refractivity contribution in [3.05, 3.63) is 11.7 Å². The highest BCUT2D eigenvalue weighted by atomic mass is 16.5. The lowest BCUT2D eigenvalue weighted by molar-refractivity contribution is 0.374. The molecule has 84 valence electrons. The number of nitrogens with one attached hydrogen (secondary N) is 1. The number of hydrogen-bond donors (Lipinski definition) is 2. The first-order valence-corrected chi connectivity index (χ1v) is 5.05. The number of rotatable bonds is 5. The van der Waals surface area contributed by atoms with Gasteiger partial charge in [-0.25, -0.2) is 0 Å². The van der Waals surface area contributed by atoms with Gasteiger partial charge in [0.25, 0.3) is 0 Å². The van der Waals surface area contributed by atoms with Gasteiger partial charge in [-0.2, -0.15) is 4.98 Å². The molecule has 1 aromatic rings. The molecule has 0 atom stereocenters. The van der Waals surface area contributed by atoms with Crippen molar-refractivity contribution < 1.29 is 4.52 Å². The summed E-state index contributed by atoms with van der Waals surface area (Å²) in [6.45, 7) is 5.24. The van der Waals surface area contributed by atoms with Gasteiger partial charge in [0.15, 0.2) is 11.8 Å². The van der Waals surface area contributed by atoms with Gasteiger partial charge in [0, 0.05) is 19.5 Å². The average molecular weight is 211 g/mol. The summed E-state index contributed by atoms with van der Waals surface area (Å²) in [6, 6.07) is 0. The lowest BCUT2D eigenvalue weighted by atomic mass is 10.4. The fraction of sp³-hybridized carbons (Fsp3) is 0.667. The molecule has 0 aliphatic rings. The third kappa shape index (κ3) is 4.44. The van der Waals surface area contributed by atoms with E-state index >= 15 is 0 Å². The van der Waals surface area contributed by atoms with Crippen molar-refractivity contribution in [3.63, 3.8) is 0 Å². The van der Waals surface area contributed by atoms with Crippen molar-refractivity contribution in [2.24, 2.45) is 10.7 Å². The summed E-state index contributed by atoms with van der Waals surface area (Å²) in [4.78, 5) is 8.17. The molecule has 0 fully saturated rings. The molecule has 0 radical (unpaired) electrons. The molecule has 0 spiro atoms. The number of guanidine groups is 1. The maximum absolute atomic E-state index is 5.60. The summed E-state index contributed by atoms with van der Waals surface area (Å²) in [5, 5.41) is 6.66. The summed E-state index contributed by atoms with van der Waals surface area (Å²) < 4.78 is 4.95. The van der Waals surface area contributed by atoms with E-state index in [2.05, 4.69) is 27.4 Å². The molecule has 1 aromatic heterocycles. The van der Waals surface area contributed by atoms with Crippen molar-refractivity contribution in [3.8, 4) is 0 Å². The Bertz CT molecular complexity index is 320. The predicted octanol–water partition coefficient (Wildman–Crippen LogP) is 0.235. The Hall–Kier alpha value is -1.59. The topological polar surface area (TPSA) is 89.3 Å². The highest BCUT2D eigenvalue weighted by molar-refractivity contribution is 5.77. The van der Waals surface area contributed by atoms with Crippen molar-refractivity contribution in [1.82, 2.24) is 15.5 Å². The maximum Gasteiger partial charge on any atom is 0.228 e. The van der Waals surface area contributed by atoms with Crippen LogP contribution in [0.15, 0.2) is 9.52 Å². The first-order valence-electron chi connectivity index (χ1n) is 5.05. The minimum atomic E-state index is 0.466. The lowest BCUT2D eigenvalue weighted by Gasteiger charge is -2.02. The summed E-state index contributed by atoms with van der Waals surface area (Å²) >= 11 is 0. The molecule has 0 aliphatic carbocycles. The van der Waals surface area contributed by atoms with Gasteiger partial charge in [-0.1, -0.05) is 12.1 Å². The van der Waals surface area contributed by atoms with Crippen LogP contribution >= 0.6 is 0 Å². The van der Waals surface area contributed by atoms with E-state index in [1.165, 1.54) is 0 Å². The molecule has 0 amide bonds. The van der Waals surface area contributed by atoms with Gasteiger partial charge >= 0.3 is 0 Å². The zero-order chi connectivity index (χ0) is 11.1. The molecule has 0 saturated heterocycles. The summed E-state index contributed by atoms with van der Waals surface area (Å²) in [5.41, 5.74) is 5.60. The molecule has 1 heterocycles. The Morgan fingerprint density at radius 1 is 1.60 bits per heavy atom. The molecule has 0 aromatic carbocycles. The highest BCUT2D eigenvalue weighted by Crippen LogP contribution is 1.95. The number of nitrogens with two attached hydrogens (primary N) is 1. The third-order valence-corrected chi connectivity index (χ3v) is 1.72. The van der Waals surface area contributed by atoms with Crippen LogP contribution in [-0.4, -0.2) is 29.2 Å². The summed E-state index contributed by atoms with van der Waals surface area (Å²) in [6.07, 6.45) is 1.65. The molecule has 0 aliphatic heterocycles. The van der Waals surface area contributed by atoms with E-state index in [0.29, 0.717) is 30.6 Å². The Morgan fingerprint density at radius 3 is 3.00 bits per heavy atom. The molecular weight excluding hydrogens is 194 g/mol. The molecule has 6 nitrogen and oxygen atoms in total. The number of nitrogens with zero attached hydrogens (tertiary/aromatic N) is 3. The normalized spacial score (nSPS) is 11.7. The number of hydrogen-bond acceptors (Lipinski definition) is 4. The molecule has 0 saturated carbocycles. The van der Waals surface area contributed by atoms with E-state index in [-0.39, 0.29) is 0 Å². The van der Waals surface area contributed by atoms with Crippen LogP contribution in [0, 0.1) is 6.92 Å². The smallest absolute Gasteiger partial charge is 0.228 e. The van der Waals surface area contributed by atoms with Gasteiger partial charge in [-0.05, 0) is 13.3 Å². The molecular formula is C9H17N5O. The van der Waals surface area contributed by atoms with Crippen LogP contribution in [0.3, 0.4) is 0 Å². The van der Waals surface area contributed by atoms with Crippen LogP contribution in [0.5, 0.6) is 0 Å². The fourth-order valence-electron chi connectivity index (χ4n) is 1.03. The first-order chi connectivity index (χ1) is 7.22. The number of aryl methyl sites for hydroxylation is 1. The van der Waals surface area contributed by atoms with E-state index in [0.717, 1.165) is 13.0 Å². The van der Waals surface area contributed by atoms with Crippen LogP contribution in [-0.2, 0) is 6.42 Å². The monoisotopic (exact) mass is 211 g/mol. The van der Waals surface area contributed by atoms with E-state index in [4.69, 9.17) is 10.3 Å². The maximum atomic E-state index is 5.60. The van der Waals surface area contributed by atoms with E-state index in [1.807, 2.05) is 0 Å². The second-order valence-electron chi connectivity index (χ2n) is 3.18.